The van der Waals surface area contributed by atoms with E-state index in [2.05, 4.69) is 43.1 Å². The topological polar surface area (TPSA) is 23.5 Å². The van der Waals surface area contributed by atoms with Gasteiger partial charge in [-0.2, -0.15) is 0 Å². The van der Waals surface area contributed by atoms with Crippen molar-refractivity contribution in [3.63, 3.8) is 0 Å². The zero-order valence-electron chi connectivity index (χ0n) is 9.74. The Balaban J connectivity index is 2.42. The molecule has 0 amide bonds. The molecule has 0 aliphatic carbocycles. The van der Waals surface area contributed by atoms with Gasteiger partial charge in [-0.15, -0.1) is 0 Å². The summed E-state index contributed by atoms with van der Waals surface area (Å²) in [5.41, 5.74) is 2.73. The van der Waals surface area contributed by atoms with E-state index in [1.165, 1.54) is 11.1 Å². The molecule has 0 radical (unpaired) electrons. The van der Waals surface area contributed by atoms with Crippen LogP contribution in [0.3, 0.4) is 0 Å². The monoisotopic (exact) mass is 207 g/mol. The number of aliphatic hydroxyl groups is 1. The summed E-state index contributed by atoms with van der Waals surface area (Å²) in [4.78, 5) is 2.23. The summed E-state index contributed by atoms with van der Waals surface area (Å²) in [5, 5.41) is 8.72. The van der Waals surface area contributed by atoms with Gasteiger partial charge in [0.25, 0.3) is 0 Å². The van der Waals surface area contributed by atoms with Crippen LogP contribution in [0.5, 0.6) is 0 Å². The third kappa shape index (κ3) is 4.45. The van der Waals surface area contributed by atoms with Gasteiger partial charge in [0.15, 0.2) is 0 Å². The summed E-state index contributed by atoms with van der Waals surface area (Å²) in [7, 11) is 2.09. The maximum atomic E-state index is 8.72. The number of nitrogens with zero attached hydrogens (tertiary/aromatic N) is 1. The van der Waals surface area contributed by atoms with E-state index in [-0.39, 0.29) is 6.61 Å². The van der Waals surface area contributed by atoms with Crippen molar-refractivity contribution in [3.05, 3.63) is 35.4 Å². The van der Waals surface area contributed by atoms with Crippen LogP contribution in [0.4, 0.5) is 0 Å². The minimum Gasteiger partial charge on any atom is -0.396 e. The van der Waals surface area contributed by atoms with Gasteiger partial charge in [0.2, 0.25) is 0 Å². The minimum absolute atomic E-state index is 0.277. The molecule has 0 saturated heterocycles. The van der Waals surface area contributed by atoms with Crippen molar-refractivity contribution in [1.29, 1.82) is 0 Å². The van der Waals surface area contributed by atoms with Crippen LogP contribution >= 0.6 is 0 Å². The van der Waals surface area contributed by atoms with Crippen LogP contribution in [0, 0.1) is 0 Å². The van der Waals surface area contributed by atoms with Crippen molar-refractivity contribution in [3.8, 4) is 0 Å². The van der Waals surface area contributed by atoms with Crippen LogP contribution in [0.2, 0.25) is 0 Å². The molecular formula is C13H21NO. The van der Waals surface area contributed by atoms with Gasteiger partial charge in [0.05, 0.1) is 0 Å². The van der Waals surface area contributed by atoms with Gasteiger partial charge in [-0.1, -0.05) is 31.2 Å². The highest BCUT2D eigenvalue weighted by Gasteiger charge is 1.99. The molecule has 1 aromatic carbocycles. The van der Waals surface area contributed by atoms with Crippen molar-refractivity contribution in [1.82, 2.24) is 4.90 Å². The van der Waals surface area contributed by atoms with Crippen LogP contribution in [0.15, 0.2) is 24.3 Å². The second kappa shape index (κ2) is 6.59. The summed E-state index contributed by atoms with van der Waals surface area (Å²) >= 11 is 0. The first-order chi connectivity index (χ1) is 7.26. The van der Waals surface area contributed by atoms with Crippen LogP contribution in [-0.2, 0) is 13.0 Å². The lowest BCUT2D eigenvalue weighted by atomic mass is 10.1. The Labute approximate surface area is 92.5 Å². The molecule has 0 heterocycles. The fraction of sp³-hybridized carbons (Fsp3) is 0.538. The summed E-state index contributed by atoms with van der Waals surface area (Å²) in [6.07, 6.45) is 1.95. The van der Waals surface area contributed by atoms with E-state index in [1.807, 2.05) is 0 Å². The molecule has 0 aromatic heterocycles. The molecule has 0 bridgehead atoms. The zero-order valence-corrected chi connectivity index (χ0v) is 9.74. The van der Waals surface area contributed by atoms with E-state index >= 15 is 0 Å². The highest BCUT2D eigenvalue weighted by molar-refractivity contribution is 5.22. The highest BCUT2D eigenvalue weighted by atomic mass is 16.3. The lowest BCUT2D eigenvalue weighted by Gasteiger charge is -2.16. The Morgan fingerprint density at radius 1 is 1.13 bits per heavy atom. The average molecular weight is 207 g/mol. The van der Waals surface area contributed by atoms with E-state index in [0.29, 0.717) is 0 Å². The number of hydrogen-bond donors (Lipinski definition) is 1. The SMILES string of the molecule is CCc1ccc(CN(C)CCCO)cc1. The Hall–Kier alpha value is -0.860. The highest BCUT2D eigenvalue weighted by Crippen LogP contribution is 2.07. The number of benzene rings is 1. The molecule has 84 valence electrons. The first-order valence-corrected chi connectivity index (χ1v) is 5.63. The number of aliphatic hydroxyl groups excluding tert-OH is 1. The van der Waals surface area contributed by atoms with E-state index in [9.17, 15) is 0 Å². The lowest BCUT2D eigenvalue weighted by molar-refractivity contribution is 0.244. The molecule has 0 unspecified atom stereocenters. The van der Waals surface area contributed by atoms with Crippen molar-refractivity contribution in [2.45, 2.75) is 26.3 Å². The Bertz CT molecular complexity index is 268. The van der Waals surface area contributed by atoms with Crippen LogP contribution in [-0.4, -0.2) is 30.2 Å². The number of aryl methyl sites for hydroxylation is 1. The maximum Gasteiger partial charge on any atom is 0.0443 e. The quantitative estimate of drug-likeness (QED) is 0.772. The van der Waals surface area contributed by atoms with Crippen molar-refractivity contribution in [2.75, 3.05) is 20.2 Å². The van der Waals surface area contributed by atoms with Crippen molar-refractivity contribution in [2.24, 2.45) is 0 Å². The van der Waals surface area contributed by atoms with E-state index in [1.54, 1.807) is 0 Å². The molecule has 2 nitrogen and oxygen atoms in total. The van der Waals surface area contributed by atoms with Gasteiger partial charge in [-0.25, -0.2) is 0 Å². The van der Waals surface area contributed by atoms with Crippen LogP contribution in [0.1, 0.15) is 24.5 Å². The molecular weight excluding hydrogens is 186 g/mol. The third-order valence-corrected chi connectivity index (χ3v) is 2.58. The third-order valence-electron chi connectivity index (χ3n) is 2.58. The largest absolute Gasteiger partial charge is 0.396 e. The molecule has 0 fully saturated rings. The Morgan fingerprint density at radius 2 is 1.73 bits per heavy atom. The van der Waals surface area contributed by atoms with E-state index < -0.39 is 0 Å². The van der Waals surface area contributed by atoms with Crippen LogP contribution < -0.4 is 0 Å². The van der Waals surface area contributed by atoms with Gasteiger partial charge >= 0.3 is 0 Å². The summed E-state index contributed by atoms with van der Waals surface area (Å²) in [6.45, 7) is 4.36. The average Bonchev–Trinajstić information content (AvgIpc) is 2.27. The molecule has 0 aliphatic rings. The van der Waals surface area contributed by atoms with Gasteiger partial charge in [0.1, 0.15) is 0 Å². The zero-order chi connectivity index (χ0) is 11.1. The van der Waals surface area contributed by atoms with Gasteiger partial charge < -0.3 is 10.0 Å². The van der Waals surface area contributed by atoms with Gasteiger partial charge in [0, 0.05) is 19.7 Å². The molecule has 1 aromatic rings. The maximum absolute atomic E-state index is 8.72. The number of rotatable bonds is 6. The standard InChI is InChI=1S/C13H21NO/c1-3-12-5-7-13(8-6-12)11-14(2)9-4-10-15/h5-8,15H,3-4,9-11H2,1-2H3. The fourth-order valence-corrected chi connectivity index (χ4v) is 1.61. The van der Waals surface area contributed by atoms with E-state index in [0.717, 1.165) is 25.9 Å². The van der Waals surface area contributed by atoms with Crippen molar-refractivity contribution < 1.29 is 5.11 Å². The van der Waals surface area contributed by atoms with Gasteiger partial charge in [-0.05, 0) is 31.0 Å². The fourth-order valence-electron chi connectivity index (χ4n) is 1.61. The summed E-state index contributed by atoms with van der Waals surface area (Å²) in [6, 6.07) is 8.76. The molecule has 2 heteroatoms. The normalized spacial score (nSPS) is 10.9. The lowest BCUT2D eigenvalue weighted by Crippen LogP contribution is -2.19. The molecule has 0 spiro atoms. The van der Waals surface area contributed by atoms with Gasteiger partial charge in [-0.3, -0.25) is 0 Å². The molecule has 1 rings (SSSR count). The van der Waals surface area contributed by atoms with Crippen molar-refractivity contribution >= 4 is 0 Å². The molecule has 15 heavy (non-hydrogen) atoms. The Kier molecular flexibility index (Phi) is 5.37. The Morgan fingerprint density at radius 3 is 2.27 bits per heavy atom. The smallest absolute Gasteiger partial charge is 0.0443 e. The predicted octanol–water partition coefficient (Wildman–Crippen LogP) is 2.06. The summed E-state index contributed by atoms with van der Waals surface area (Å²) in [5.74, 6) is 0. The van der Waals surface area contributed by atoms with E-state index in [4.69, 9.17) is 5.11 Å². The van der Waals surface area contributed by atoms with Crippen LogP contribution in [0.25, 0.3) is 0 Å². The predicted molar refractivity (Wildman–Crippen MR) is 63.9 cm³/mol. The number of hydrogen-bond acceptors (Lipinski definition) is 2. The first-order valence-electron chi connectivity index (χ1n) is 5.63. The minimum atomic E-state index is 0.277. The second-order valence-electron chi connectivity index (χ2n) is 3.98. The summed E-state index contributed by atoms with van der Waals surface area (Å²) < 4.78 is 0. The second-order valence-corrected chi connectivity index (χ2v) is 3.98. The molecule has 1 N–H and O–H groups in total. The first kappa shape index (κ1) is 12.2. The molecule has 0 atom stereocenters. The molecule has 0 aliphatic heterocycles. The molecule has 0 saturated carbocycles.